The number of hydrogen-bond acceptors (Lipinski definition) is 9. The largest absolute Gasteiger partial charge is 0.416 e. The van der Waals surface area contributed by atoms with Crippen LogP contribution in [0.2, 0.25) is 0 Å². The van der Waals surface area contributed by atoms with Gasteiger partial charge < -0.3 is 14.6 Å². The summed E-state index contributed by atoms with van der Waals surface area (Å²) in [6.45, 7) is 3.35. The predicted molar refractivity (Wildman–Crippen MR) is 106 cm³/mol. The maximum Gasteiger partial charge on any atom is 0.416 e. The number of nitrogens with one attached hydrogen (secondary N) is 1. The van der Waals surface area contributed by atoms with E-state index in [1.807, 2.05) is 6.92 Å². The zero-order valence-corrected chi connectivity index (χ0v) is 17.5. The van der Waals surface area contributed by atoms with Crippen molar-refractivity contribution >= 4 is 28.2 Å². The average molecular weight is 458 g/mol. The van der Waals surface area contributed by atoms with Gasteiger partial charge in [-0.05, 0) is 31.9 Å². The first-order chi connectivity index (χ1) is 14.4. The topological polar surface area (TPSA) is 86.0 Å². The lowest BCUT2D eigenvalue weighted by Gasteiger charge is -2.08. The quantitative estimate of drug-likeness (QED) is 0.493. The number of halogens is 3. The smallest absolute Gasteiger partial charge is 0.376 e. The normalized spacial score (nSPS) is 17.9. The molecule has 0 radical (unpaired) electrons. The summed E-state index contributed by atoms with van der Waals surface area (Å²) in [7, 11) is 0. The van der Waals surface area contributed by atoms with Crippen LogP contribution < -0.4 is 5.32 Å². The van der Waals surface area contributed by atoms with E-state index in [4.69, 9.17) is 9.26 Å². The highest BCUT2D eigenvalue weighted by Crippen LogP contribution is 2.38. The molecule has 4 rings (SSSR count). The summed E-state index contributed by atoms with van der Waals surface area (Å²) < 4.78 is 50.3. The van der Waals surface area contributed by atoms with Crippen LogP contribution in [0.15, 0.2) is 33.1 Å². The van der Waals surface area contributed by atoms with Crippen molar-refractivity contribution in [3.8, 4) is 11.4 Å². The number of hydrogen-bond donors (Lipinski definition) is 1. The van der Waals surface area contributed by atoms with Gasteiger partial charge in [-0.1, -0.05) is 40.4 Å². The Balaban J connectivity index is 1.38. The van der Waals surface area contributed by atoms with Crippen molar-refractivity contribution in [3.63, 3.8) is 0 Å². The second kappa shape index (κ2) is 8.90. The molecule has 0 aliphatic carbocycles. The van der Waals surface area contributed by atoms with Crippen LogP contribution in [0.3, 0.4) is 0 Å². The van der Waals surface area contributed by atoms with Crippen molar-refractivity contribution in [1.29, 1.82) is 0 Å². The molecule has 0 spiro atoms. The summed E-state index contributed by atoms with van der Waals surface area (Å²) in [4.78, 5) is 4.25. The van der Waals surface area contributed by atoms with Gasteiger partial charge in [0.1, 0.15) is 0 Å². The van der Waals surface area contributed by atoms with Gasteiger partial charge in [0.15, 0.2) is 4.34 Å². The molecule has 12 heteroatoms. The van der Waals surface area contributed by atoms with E-state index in [1.165, 1.54) is 35.2 Å². The molecule has 7 nitrogen and oxygen atoms in total. The van der Waals surface area contributed by atoms with Gasteiger partial charge in [0.05, 0.1) is 16.9 Å². The zero-order chi connectivity index (χ0) is 21.1. The van der Waals surface area contributed by atoms with Crippen molar-refractivity contribution < 1.29 is 22.4 Å². The third kappa shape index (κ3) is 5.10. The van der Waals surface area contributed by atoms with Crippen LogP contribution in [0.25, 0.3) is 11.4 Å². The maximum absolute atomic E-state index is 12.9. The molecular formula is C18H18F3N5O2S2. The van der Waals surface area contributed by atoms with Crippen LogP contribution >= 0.6 is 23.1 Å². The van der Waals surface area contributed by atoms with Crippen molar-refractivity contribution in [2.24, 2.45) is 0 Å². The molecular weight excluding hydrogens is 439 g/mol. The SMILES string of the molecule is C[C@@H](Sc1nnc(NC[C@H]2CCCO2)s1)c1nc(-c2cccc(C(F)(F)F)c2)no1. The first-order valence-corrected chi connectivity index (χ1v) is 10.9. The fraction of sp³-hybridized carbons (Fsp3) is 0.444. The van der Waals surface area contributed by atoms with E-state index in [2.05, 4.69) is 25.7 Å². The molecule has 2 aromatic heterocycles. The second-order valence-corrected chi connectivity index (χ2v) is 9.25. The van der Waals surface area contributed by atoms with E-state index >= 15 is 0 Å². The Hall–Kier alpha value is -2.18. The van der Waals surface area contributed by atoms with Crippen molar-refractivity contribution in [2.45, 2.75) is 41.6 Å². The summed E-state index contributed by atoms with van der Waals surface area (Å²) in [5, 5.41) is 15.8. The van der Waals surface area contributed by atoms with E-state index < -0.39 is 11.7 Å². The molecule has 160 valence electrons. The fourth-order valence-corrected chi connectivity index (χ4v) is 4.82. The number of benzene rings is 1. The molecule has 1 aliphatic rings. The Morgan fingerprint density at radius 2 is 2.20 bits per heavy atom. The molecule has 1 fully saturated rings. The Morgan fingerprint density at radius 3 is 2.97 bits per heavy atom. The monoisotopic (exact) mass is 457 g/mol. The molecule has 1 aromatic carbocycles. The number of aromatic nitrogens is 4. The van der Waals surface area contributed by atoms with E-state index in [0.717, 1.165) is 35.9 Å². The second-order valence-electron chi connectivity index (χ2n) is 6.68. The Bertz CT molecular complexity index is 988. The molecule has 0 saturated carbocycles. The van der Waals surface area contributed by atoms with Gasteiger partial charge in [0, 0.05) is 18.7 Å². The summed E-state index contributed by atoms with van der Waals surface area (Å²) in [5.41, 5.74) is -0.515. The zero-order valence-electron chi connectivity index (χ0n) is 15.8. The van der Waals surface area contributed by atoms with Gasteiger partial charge in [-0.15, -0.1) is 10.2 Å². The minimum atomic E-state index is -4.43. The third-order valence-corrected chi connectivity index (χ3v) is 6.48. The number of thioether (sulfide) groups is 1. The minimum Gasteiger partial charge on any atom is -0.376 e. The van der Waals surface area contributed by atoms with E-state index in [9.17, 15) is 13.2 Å². The van der Waals surface area contributed by atoms with Crippen molar-refractivity contribution in [1.82, 2.24) is 20.3 Å². The maximum atomic E-state index is 12.9. The van der Waals surface area contributed by atoms with Crippen LogP contribution in [-0.2, 0) is 10.9 Å². The van der Waals surface area contributed by atoms with Gasteiger partial charge in [-0.25, -0.2) is 0 Å². The van der Waals surface area contributed by atoms with Crippen LogP contribution in [0, 0.1) is 0 Å². The highest BCUT2D eigenvalue weighted by atomic mass is 32.2. The van der Waals surface area contributed by atoms with Gasteiger partial charge in [-0.3, -0.25) is 0 Å². The van der Waals surface area contributed by atoms with Crippen LogP contribution in [0.5, 0.6) is 0 Å². The van der Waals surface area contributed by atoms with Crippen LogP contribution in [0.1, 0.15) is 36.5 Å². The minimum absolute atomic E-state index is 0.111. The Labute approximate surface area is 178 Å². The van der Waals surface area contributed by atoms with Gasteiger partial charge in [-0.2, -0.15) is 18.2 Å². The van der Waals surface area contributed by atoms with E-state index in [0.29, 0.717) is 17.6 Å². The molecule has 0 amide bonds. The number of ether oxygens (including phenoxy) is 1. The Kier molecular flexibility index (Phi) is 6.25. The van der Waals surface area contributed by atoms with Gasteiger partial charge in [0.2, 0.25) is 16.8 Å². The standard InChI is InChI=1S/C18H18F3N5O2S2/c1-10(29-17-25-24-16(30-17)22-9-13-6-3-7-27-13)15-23-14(26-28-15)11-4-2-5-12(8-11)18(19,20)21/h2,4-5,8,10,13H,3,6-7,9H2,1H3,(H,22,24)/t10-,13-/m1/s1. The van der Waals surface area contributed by atoms with Crippen LogP contribution in [0.4, 0.5) is 18.3 Å². The molecule has 0 bridgehead atoms. The number of anilines is 1. The third-order valence-electron chi connectivity index (χ3n) is 4.43. The van der Waals surface area contributed by atoms with E-state index in [-0.39, 0.29) is 22.7 Å². The molecule has 2 atom stereocenters. The first kappa shape index (κ1) is 21.1. The Morgan fingerprint density at radius 1 is 1.33 bits per heavy atom. The molecule has 0 unspecified atom stereocenters. The number of alkyl halides is 3. The first-order valence-electron chi connectivity index (χ1n) is 9.25. The summed E-state index contributed by atoms with van der Waals surface area (Å²) in [6, 6.07) is 4.84. The van der Waals surface area contributed by atoms with Crippen LogP contribution in [-0.4, -0.2) is 39.6 Å². The summed E-state index contributed by atoms with van der Waals surface area (Å²) >= 11 is 2.80. The molecule has 3 heterocycles. The highest BCUT2D eigenvalue weighted by molar-refractivity contribution is 8.01. The fourth-order valence-electron chi connectivity index (χ4n) is 2.89. The number of rotatable bonds is 7. The highest BCUT2D eigenvalue weighted by Gasteiger charge is 2.31. The predicted octanol–water partition coefficient (Wildman–Crippen LogP) is 5.05. The molecule has 30 heavy (non-hydrogen) atoms. The van der Waals surface area contributed by atoms with Gasteiger partial charge >= 0.3 is 6.18 Å². The molecule has 1 N–H and O–H groups in total. The lowest BCUT2D eigenvalue weighted by atomic mass is 10.1. The molecule has 3 aromatic rings. The molecule has 1 aliphatic heterocycles. The molecule has 1 saturated heterocycles. The summed E-state index contributed by atoms with van der Waals surface area (Å²) in [6.07, 6.45) is -2.11. The lowest BCUT2D eigenvalue weighted by Crippen LogP contribution is -2.18. The van der Waals surface area contributed by atoms with Crippen molar-refractivity contribution in [3.05, 3.63) is 35.7 Å². The van der Waals surface area contributed by atoms with E-state index in [1.54, 1.807) is 0 Å². The lowest BCUT2D eigenvalue weighted by molar-refractivity contribution is -0.137. The van der Waals surface area contributed by atoms with Gasteiger partial charge in [0.25, 0.3) is 0 Å². The average Bonchev–Trinajstić information content (AvgIpc) is 3.47. The summed E-state index contributed by atoms with van der Waals surface area (Å²) in [5.74, 6) is 0.413. The van der Waals surface area contributed by atoms with Crippen molar-refractivity contribution in [2.75, 3.05) is 18.5 Å². The number of nitrogens with zero attached hydrogens (tertiary/aromatic N) is 4.